The first-order valence-electron chi connectivity index (χ1n) is 7.33. The predicted octanol–water partition coefficient (Wildman–Crippen LogP) is 2.43. The number of ether oxygens (including phenoxy) is 1. The van der Waals surface area contributed by atoms with E-state index in [4.69, 9.17) is 4.74 Å². The van der Waals surface area contributed by atoms with Crippen LogP contribution in [0.2, 0.25) is 0 Å². The Morgan fingerprint density at radius 2 is 1.95 bits per heavy atom. The van der Waals surface area contributed by atoms with Crippen LogP contribution in [0.5, 0.6) is 0 Å². The molecule has 1 unspecified atom stereocenters. The minimum atomic E-state index is -0.386. The Kier molecular flexibility index (Phi) is 5.00. The molecule has 19 heavy (non-hydrogen) atoms. The highest BCUT2D eigenvalue weighted by Gasteiger charge is 2.31. The van der Waals surface area contributed by atoms with Crippen molar-refractivity contribution in [2.75, 3.05) is 6.54 Å². The molecule has 1 aliphatic carbocycles. The van der Waals surface area contributed by atoms with Crippen LogP contribution in [0, 0.1) is 0 Å². The van der Waals surface area contributed by atoms with Gasteiger partial charge in [-0.15, -0.1) is 0 Å². The Hall–Kier alpha value is -1.32. The Morgan fingerprint density at radius 3 is 2.63 bits per heavy atom. The van der Waals surface area contributed by atoms with Gasteiger partial charge < -0.3 is 9.64 Å². The Labute approximate surface area is 114 Å². The van der Waals surface area contributed by atoms with Crippen molar-refractivity contribution < 1.29 is 14.3 Å². The summed E-state index contributed by atoms with van der Waals surface area (Å²) in [7, 11) is 0. The molecular formula is C15H23NO3. The molecule has 0 N–H and O–H groups in total. The molecule has 1 atom stereocenters. The van der Waals surface area contributed by atoms with Crippen molar-refractivity contribution in [1.29, 1.82) is 0 Å². The lowest BCUT2D eigenvalue weighted by Gasteiger charge is -2.35. The molecule has 1 saturated heterocycles. The molecule has 2 rings (SSSR count). The average molecular weight is 265 g/mol. The van der Waals surface area contributed by atoms with Gasteiger partial charge in [0.1, 0.15) is 6.10 Å². The fraction of sp³-hybridized carbons (Fsp3) is 0.733. The quantitative estimate of drug-likeness (QED) is 0.581. The minimum absolute atomic E-state index is 0.168. The third kappa shape index (κ3) is 3.82. The second-order valence-corrected chi connectivity index (χ2v) is 5.49. The number of esters is 1. The molecule has 106 valence electrons. The third-order valence-electron chi connectivity index (χ3n) is 4.10. The summed E-state index contributed by atoms with van der Waals surface area (Å²) in [5.74, 6) is -0.160. The van der Waals surface area contributed by atoms with Gasteiger partial charge in [0, 0.05) is 18.5 Å². The van der Waals surface area contributed by atoms with Crippen molar-refractivity contribution in [1.82, 2.24) is 4.90 Å². The van der Waals surface area contributed by atoms with Crippen LogP contribution in [0.3, 0.4) is 0 Å². The fourth-order valence-corrected chi connectivity index (χ4v) is 3.09. The zero-order valence-electron chi connectivity index (χ0n) is 11.5. The lowest BCUT2D eigenvalue weighted by Crippen LogP contribution is -2.44. The summed E-state index contributed by atoms with van der Waals surface area (Å²) in [5.41, 5.74) is 0. The van der Waals surface area contributed by atoms with Crippen molar-refractivity contribution in [2.45, 2.75) is 63.5 Å². The van der Waals surface area contributed by atoms with Crippen LogP contribution in [0.1, 0.15) is 51.4 Å². The number of rotatable bonds is 3. The van der Waals surface area contributed by atoms with Crippen molar-refractivity contribution in [3.63, 3.8) is 0 Å². The number of hydrogen-bond donors (Lipinski definition) is 0. The second kappa shape index (κ2) is 6.73. The van der Waals surface area contributed by atoms with E-state index in [0.29, 0.717) is 19.0 Å². The molecular weight excluding hydrogens is 242 g/mol. The molecule has 0 aromatic heterocycles. The van der Waals surface area contributed by atoms with Gasteiger partial charge >= 0.3 is 5.97 Å². The standard InChI is InChI=1S/C15H23NO3/c1-2-15(18)19-13-9-6-10-14(17)16(11-13)12-7-4-3-5-8-12/h2,12-13H,1,3-11H2. The molecule has 0 aromatic carbocycles. The van der Waals surface area contributed by atoms with Gasteiger partial charge in [0.25, 0.3) is 0 Å². The summed E-state index contributed by atoms with van der Waals surface area (Å²) >= 11 is 0. The van der Waals surface area contributed by atoms with Crippen LogP contribution in [0.4, 0.5) is 0 Å². The number of carbonyl (C=O) groups excluding carboxylic acids is 2. The molecule has 1 saturated carbocycles. The van der Waals surface area contributed by atoms with E-state index in [1.165, 1.54) is 25.3 Å². The van der Waals surface area contributed by atoms with Crippen LogP contribution < -0.4 is 0 Å². The maximum atomic E-state index is 12.2. The maximum Gasteiger partial charge on any atom is 0.330 e. The fourth-order valence-electron chi connectivity index (χ4n) is 3.09. The van der Waals surface area contributed by atoms with E-state index in [1.54, 1.807) is 0 Å². The Morgan fingerprint density at radius 1 is 1.21 bits per heavy atom. The lowest BCUT2D eigenvalue weighted by molar-refractivity contribution is -0.147. The zero-order valence-corrected chi connectivity index (χ0v) is 11.5. The van der Waals surface area contributed by atoms with E-state index in [1.807, 2.05) is 4.90 Å². The van der Waals surface area contributed by atoms with Crippen molar-refractivity contribution in [3.05, 3.63) is 12.7 Å². The molecule has 2 aliphatic rings. The maximum absolute atomic E-state index is 12.2. The van der Waals surface area contributed by atoms with Gasteiger partial charge in [0.15, 0.2) is 0 Å². The van der Waals surface area contributed by atoms with Crippen LogP contribution in [0.25, 0.3) is 0 Å². The molecule has 4 heteroatoms. The van der Waals surface area contributed by atoms with Gasteiger partial charge in [0.05, 0.1) is 6.54 Å². The van der Waals surface area contributed by atoms with Gasteiger partial charge in [-0.1, -0.05) is 25.8 Å². The summed E-state index contributed by atoms with van der Waals surface area (Å²) in [4.78, 5) is 25.5. The molecule has 1 aliphatic heterocycles. The summed E-state index contributed by atoms with van der Waals surface area (Å²) < 4.78 is 5.34. The Balaban J connectivity index is 1.99. The molecule has 1 amide bonds. The monoisotopic (exact) mass is 265 g/mol. The van der Waals surface area contributed by atoms with E-state index in [0.717, 1.165) is 25.7 Å². The molecule has 1 heterocycles. The zero-order chi connectivity index (χ0) is 13.7. The number of likely N-dealkylation sites (tertiary alicyclic amines) is 1. The topological polar surface area (TPSA) is 46.6 Å². The number of nitrogens with zero attached hydrogens (tertiary/aromatic N) is 1. The first-order chi connectivity index (χ1) is 9.20. The van der Waals surface area contributed by atoms with Crippen molar-refractivity contribution >= 4 is 11.9 Å². The molecule has 2 fully saturated rings. The Bertz CT molecular complexity index is 347. The number of amides is 1. The summed E-state index contributed by atoms with van der Waals surface area (Å²) in [6, 6.07) is 0.351. The summed E-state index contributed by atoms with van der Waals surface area (Å²) in [6.07, 6.45) is 9.03. The number of carbonyl (C=O) groups is 2. The normalized spacial score (nSPS) is 25.8. The van der Waals surface area contributed by atoms with Gasteiger partial charge in [0.2, 0.25) is 5.91 Å². The molecule has 0 radical (unpaired) electrons. The van der Waals surface area contributed by atoms with Gasteiger partial charge in [-0.2, -0.15) is 0 Å². The SMILES string of the molecule is C=CC(=O)OC1CCCC(=O)N(C2CCCCC2)C1. The predicted molar refractivity (Wildman–Crippen MR) is 72.5 cm³/mol. The van der Waals surface area contributed by atoms with E-state index in [9.17, 15) is 9.59 Å². The van der Waals surface area contributed by atoms with Crippen molar-refractivity contribution in [2.24, 2.45) is 0 Å². The minimum Gasteiger partial charge on any atom is -0.457 e. The first kappa shape index (κ1) is 14.1. The van der Waals surface area contributed by atoms with Crippen molar-refractivity contribution in [3.8, 4) is 0 Å². The van der Waals surface area contributed by atoms with Crippen LogP contribution in [0.15, 0.2) is 12.7 Å². The highest BCUT2D eigenvalue weighted by Crippen LogP contribution is 2.26. The van der Waals surface area contributed by atoms with Gasteiger partial charge in [-0.05, 0) is 25.7 Å². The third-order valence-corrected chi connectivity index (χ3v) is 4.10. The van der Waals surface area contributed by atoms with E-state index < -0.39 is 0 Å². The van der Waals surface area contributed by atoms with Gasteiger partial charge in [-0.3, -0.25) is 4.79 Å². The van der Waals surface area contributed by atoms with Crippen LogP contribution >= 0.6 is 0 Å². The second-order valence-electron chi connectivity index (χ2n) is 5.49. The van der Waals surface area contributed by atoms with E-state index in [2.05, 4.69) is 6.58 Å². The van der Waals surface area contributed by atoms with E-state index >= 15 is 0 Å². The molecule has 0 spiro atoms. The largest absolute Gasteiger partial charge is 0.457 e. The van der Waals surface area contributed by atoms with Crippen LogP contribution in [-0.4, -0.2) is 35.5 Å². The summed E-state index contributed by atoms with van der Waals surface area (Å²) in [6.45, 7) is 3.98. The summed E-state index contributed by atoms with van der Waals surface area (Å²) in [5, 5.41) is 0. The molecule has 4 nitrogen and oxygen atoms in total. The van der Waals surface area contributed by atoms with Crippen LogP contribution in [-0.2, 0) is 14.3 Å². The highest BCUT2D eigenvalue weighted by atomic mass is 16.5. The van der Waals surface area contributed by atoms with Gasteiger partial charge in [-0.25, -0.2) is 4.79 Å². The number of hydrogen-bond acceptors (Lipinski definition) is 3. The molecule has 0 aromatic rings. The average Bonchev–Trinajstić information content (AvgIpc) is 2.62. The van der Waals surface area contributed by atoms with E-state index in [-0.39, 0.29) is 18.0 Å². The molecule has 0 bridgehead atoms. The smallest absolute Gasteiger partial charge is 0.330 e. The highest BCUT2D eigenvalue weighted by molar-refractivity contribution is 5.81. The lowest BCUT2D eigenvalue weighted by atomic mass is 9.94. The first-order valence-corrected chi connectivity index (χ1v) is 7.33.